The molecule has 0 saturated carbocycles. The number of amides is 1. The lowest BCUT2D eigenvalue weighted by Gasteiger charge is -2.10. The fraction of sp³-hybridized carbons (Fsp3) is 0.263. The lowest BCUT2D eigenvalue weighted by atomic mass is 10.1. The van der Waals surface area contributed by atoms with Crippen molar-refractivity contribution in [2.75, 3.05) is 11.9 Å². The zero-order valence-electron chi connectivity index (χ0n) is 13.8. The van der Waals surface area contributed by atoms with E-state index in [4.69, 9.17) is 9.84 Å². The van der Waals surface area contributed by atoms with Crippen molar-refractivity contribution in [2.45, 2.75) is 26.7 Å². The summed E-state index contributed by atoms with van der Waals surface area (Å²) in [5.41, 5.74) is 3.49. The van der Waals surface area contributed by atoms with Crippen LogP contribution in [0.15, 0.2) is 42.5 Å². The van der Waals surface area contributed by atoms with Crippen LogP contribution in [0.25, 0.3) is 0 Å². The largest absolute Gasteiger partial charge is 0.494 e. The van der Waals surface area contributed by atoms with Crippen LogP contribution in [0.5, 0.6) is 5.75 Å². The smallest absolute Gasteiger partial charge is 0.303 e. The Bertz CT molecular complexity index is 723. The second-order valence-corrected chi connectivity index (χ2v) is 5.64. The van der Waals surface area contributed by atoms with Crippen LogP contribution in [0.3, 0.4) is 0 Å². The molecule has 2 aromatic rings. The Morgan fingerprint density at radius 3 is 2.42 bits per heavy atom. The Morgan fingerprint density at radius 1 is 1.08 bits per heavy atom. The quantitative estimate of drug-likeness (QED) is 0.759. The van der Waals surface area contributed by atoms with E-state index in [1.165, 1.54) is 0 Å². The van der Waals surface area contributed by atoms with Crippen molar-refractivity contribution in [3.8, 4) is 5.75 Å². The molecule has 2 N–H and O–H groups in total. The van der Waals surface area contributed by atoms with E-state index in [1.54, 1.807) is 24.3 Å². The van der Waals surface area contributed by atoms with E-state index in [2.05, 4.69) is 5.32 Å². The minimum absolute atomic E-state index is 0.0798. The molecule has 0 spiro atoms. The predicted molar refractivity (Wildman–Crippen MR) is 92.7 cm³/mol. The molecule has 5 nitrogen and oxygen atoms in total. The fourth-order valence-corrected chi connectivity index (χ4v) is 2.26. The van der Waals surface area contributed by atoms with E-state index in [9.17, 15) is 9.59 Å². The molecule has 0 radical (unpaired) electrons. The maximum Gasteiger partial charge on any atom is 0.303 e. The predicted octanol–water partition coefficient (Wildman–Crippen LogP) is 3.80. The highest BCUT2D eigenvalue weighted by Gasteiger charge is 2.08. The molecule has 0 atom stereocenters. The molecule has 126 valence electrons. The number of rotatable bonds is 7. The topological polar surface area (TPSA) is 75.6 Å². The first-order valence-electron chi connectivity index (χ1n) is 7.79. The fourth-order valence-electron chi connectivity index (χ4n) is 2.26. The van der Waals surface area contributed by atoms with Crippen molar-refractivity contribution in [1.29, 1.82) is 0 Å². The van der Waals surface area contributed by atoms with E-state index in [0.29, 0.717) is 24.3 Å². The number of carboxylic acid groups (broad SMARTS) is 1. The molecule has 0 bridgehead atoms. The van der Waals surface area contributed by atoms with Crippen LogP contribution in [-0.4, -0.2) is 23.6 Å². The van der Waals surface area contributed by atoms with Crippen molar-refractivity contribution in [2.24, 2.45) is 0 Å². The monoisotopic (exact) mass is 327 g/mol. The van der Waals surface area contributed by atoms with Crippen LogP contribution in [0.1, 0.15) is 34.3 Å². The Kier molecular flexibility index (Phi) is 5.95. The Labute approximate surface area is 141 Å². The number of carboxylic acids is 1. The second kappa shape index (κ2) is 8.15. The molecule has 2 rings (SSSR count). The number of carbonyl (C=O) groups is 2. The molecule has 0 fully saturated rings. The second-order valence-electron chi connectivity index (χ2n) is 5.64. The van der Waals surface area contributed by atoms with Gasteiger partial charge >= 0.3 is 5.97 Å². The van der Waals surface area contributed by atoms with Crippen LogP contribution in [-0.2, 0) is 4.79 Å². The lowest BCUT2D eigenvalue weighted by Crippen LogP contribution is -2.12. The average molecular weight is 327 g/mol. The molecule has 0 unspecified atom stereocenters. The summed E-state index contributed by atoms with van der Waals surface area (Å²) in [5, 5.41) is 11.5. The summed E-state index contributed by atoms with van der Waals surface area (Å²) in [4.78, 5) is 22.7. The number of hydrogen-bond donors (Lipinski definition) is 2. The number of aliphatic carboxylic acids is 1. The SMILES string of the molecule is Cc1ccc(NC(=O)c2ccc(OCCCC(=O)O)cc2)c(C)c1. The number of nitrogens with one attached hydrogen (secondary N) is 1. The third kappa shape index (κ3) is 5.12. The van der Waals surface area contributed by atoms with Crippen LogP contribution in [0.4, 0.5) is 5.69 Å². The number of hydrogen-bond acceptors (Lipinski definition) is 3. The van der Waals surface area contributed by atoms with Crippen molar-refractivity contribution in [3.05, 3.63) is 59.2 Å². The first kappa shape index (κ1) is 17.5. The van der Waals surface area contributed by atoms with Gasteiger partial charge in [0.05, 0.1) is 6.61 Å². The maximum atomic E-state index is 12.3. The molecule has 24 heavy (non-hydrogen) atoms. The Morgan fingerprint density at radius 2 is 1.79 bits per heavy atom. The summed E-state index contributed by atoms with van der Waals surface area (Å²) in [6.07, 6.45) is 0.528. The summed E-state index contributed by atoms with van der Waals surface area (Å²) < 4.78 is 5.45. The molecule has 0 aliphatic heterocycles. The molecule has 0 aliphatic carbocycles. The minimum atomic E-state index is -0.836. The Balaban J connectivity index is 1.92. The van der Waals surface area contributed by atoms with Gasteiger partial charge in [-0.15, -0.1) is 0 Å². The van der Waals surface area contributed by atoms with E-state index < -0.39 is 5.97 Å². The Hall–Kier alpha value is -2.82. The number of carbonyl (C=O) groups excluding carboxylic acids is 1. The summed E-state index contributed by atoms with van der Waals surface area (Å²) in [7, 11) is 0. The van der Waals surface area contributed by atoms with Gasteiger partial charge in [-0.05, 0) is 56.2 Å². The average Bonchev–Trinajstić information content (AvgIpc) is 2.54. The molecule has 5 heteroatoms. The number of benzene rings is 2. The van der Waals surface area contributed by atoms with Crippen molar-refractivity contribution < 1.29 is 19.4 Å². The van der Waals surface area contributed by atoms with Gasteiger partial charge in [0.2, 0.25) is 0 Å². The van der Waals surface area contributed by atoms with Crippen LogP contribution < -0.4 is 10.1 Å². The van der Waals surface area contributed by atoms with E-state index in [1.807, 2.05) is 32.0 Å². The van der Waals surface area contributed by atoms with Gasteiger partial charge in [0.15, 0.2) is 0 Å². The van der Waals surface area contributed by atoms with Crippen LogP contribution in [0.2, 0.25) is 0 Å². The molecule has 0 aromatic heterocycles. The molecular weight excluding hydrogens is 306 g/mol. The molecule has 2 aromatic carbocycles. The van der Waals surface area contributed by atoms with Crippen LogP contribution >= 0.6 is 0 Å². The first-order valence-corrected chi connectivity index (χ1v) is 7.79. The molecule has 1 amide bonds. The highest BCUT2D eigenvalue weighted by molar-refractivity contribution is 6.04. The third-order valence-corrected chi connectivity index (χ3v) is 3.55. The minimum Gasteiger partial charge on any atom is -0.494 e. The summed E-state index contributed by atoms with van der Waals surface area (Å²) in [6, 6.07) is 12.6. The zero-order chi connectivity index (χ0) is 17.5. The highest BCUT2D eigenvalue weighted by atomic mass is 16.5. The molecule has 0 saturated heterocycles. The standard InChI is InChI=1S/C19H21NO4/c1-13-5-10-17(14(2)12-13)20-19(23)15-6-8-16(9-7-15)24-11-3-4-18(21)22/h5-10,12H,3-4,11H2,1-2H3,(H,20,23)(H,21,22). The lowest BCUT2D eigenvalue weighted by molar-refractivity contribution is -0.137. The van der Waals surface area contributed by atoms with E-state index >= 15 is 0 Å². The maximum absolute atomic E-state index is 12.3. The van der Waals surface area contributed by atoms with Gasteiger partial charge < -0.3 is 15.2 Å². The van der Waals surface area contributed by atoms with Crippen LogP contribution in [0, 0.1) is 13.8 Å². The van der Waals surface area contributed by atoms with Gasteiger partial charge in [-0.3, -0.25) is 9.59 Å². The van der Waals surface area contributed by atoms with Crippen molar-refractivity contribution >= 4 is 17.6 Å². The summed E-state index contributed by atoms with van der Waals surface area (Å²) >= 11 is 0. The van der Waals surface area contributed by atoms with Gasteiger partial charge in [0, 0.05) is 17.7 Å². The summed E-state index contributed by atoms with van der Waals surface area (Å²) in [5.74, 6) is -0.403. The van der Waals surface area contributed by atoms with E-state index in [-0.39, 0.29) is 12.3 Å². The number of anilines is 1. The van der Waals surface area contributed by atoms with Crippen molar-refractivity contribution in [3.63, 3.8) is 0 Å². The van der Waals surface area contributed by atoms with E-state index in [0.717, 1.165) is 16.8 Å². The molecule has 0 heterocycles. The molecular formula is C19H21NO4. The van der Waals surface area contributed by atoms with Crippen molar-refractivity contribution in [1.82, 2.24) is 0 Å². The zero-order valence-corrected chi connectivity index (χ0v) is 13.8. The van der Waals surface area contributed by atoms with Gasteiger partial charge in [0.1, 0.15) is 5.75 Å². The first-order chi connectivity index (χ1) is 11.5. The van der Waals surface area contributed by atoms with Gasteiger partial charge in [-0.1, -0.05) is 17.7 Å². The third-order valence-electron chi connectivity index (χ3n) is 3.55. The number of ether oxygens (including phenoxy) is 1. The van der Waals surface area contributed by atoms with Gasteiger partial charge in [0.25, 0.3) is 5.91 Å². The molecule has 0 aliphatic rings. The van der Waals surface area contributed by atoms with Gasteiger partial charge in [-0.2, -0.15) is 0 Å². The highest BCUT2D eigenvalue weighted by Crippen LogP contribution is 2.18. The van der Waals surface area contributed by atoms with Gasteiger partial charge in [-0.25, -0.2) is 0 Å². The normalized spacial score (nSPS) is 10.2. The number of aryl methyl sites for hydroxylation is 2. The summed E-state index contributed by atoms with van der Waals surface area (Å²) in [6.45, 7) is 4.30.